The standard InChI is InChI=1S/C12H24N2O3/c1-4-6-7-9-13-11(17)14-12(3,8-5-2)10(15)16/h4-9H2,1-3H3,(H,15,16)(H2,13,14,17). The van der Waals surface area contributed by atoms with E-state index in [9.17, 15) is 9.59 Å². The van der Waals surface area contributed by atoms with Crippen LogP contribution >= 0.6 is 0 Å². The van der Waals surface area contributed by atoms with Gasteiger partial charge in [0.2, 0.25) is 0 Å². The van der Waals surface area contributed by atoms with Crippen LogP contribution in [0.25, 0.3) is 0 Å². The van der Waals surface area contributed by atoms with E-state index in [-0.39, 0.29) is 0 Å². The molecule has 3 N–H and O–H groups in total. The van der Waals surface area contributed by atoms with Crippen LogP contribution in [-0.2, 0) is 4.79 Å². The molecule has 0 rings (SSSR count). The van der Waals surface area contributed by atoms with Crippen LogP contribution in [0.3, 0.4) is 0 Å². The summed E-state index contributed by atoms with van der Waals surface area (Å²) in [5, 5.41) is 14.3. The highest BCUT2D eigenvalue weighted by Crippen LogP contribution is 2.12. The van der Waals surface area contributed by atoms with Gasteiger partial charge in [0, 0.05) is 6.54 Å². The summed E-state index contributed by atoms with van der Waals surface area (Å²) in [5.41, 5.74) is -1.18. The number of carboxylic acid groups (broad SMARTS) is 1. The number of carbonyl (C=O) groups is 2. The Morgan fingerprint density at radius 2 is 1.82 bits per heavy atom. The molecule has 17 heavy (non-hydrogen) atoms. The summed E-state index contributed by atoms with van der Waals surface area (Å²) in [4.78, 5) is 22.6. The van der Waals surface area contributed by atoms with Gasteiger partial charge >= 0.3 is 12.0 Å². The number of unbranched alkanes of at least 4 members (excludes halogenated alkanes) is 2. The molecule has 0 bridgehead atoms. The third kappa shape index (κ3) is 6.14. The van der Waals surface area contributed by atoms with Crippen molar-refractivity contribution in [2.75, 3.05) is 6.54 Å². The molecular formula is C12H24N2O3. The van der Waals surface area contributed by atoms with Gasteiger partial charge in [-0.25, -0.2) is 9.59 Å². The summed E-state index contributed by atoms with van der Waals surface area (Å²) in [6, 6.07) is -0.403. The highest BCUT2D eigenvalue weighted by molar-refractivity contribution is 5.85. The minimum absolute atomic E-state index is 0.403. The van der Waals surface area contributed by atoms with Gasteiger partial charge in [-0.15, -0.1) is 0 Å². The number of urea groups is 1. The first kappa shape index (κ1) is 15.7. The van der Waals surface area contributed by atoms with E-state index in [1.165, 1.54) is 6.92 Å². The first-order chi connectivity index (χ1) is 7.96. The molecule has 0 fully saturated rings. The van der Waals surface area contributed by atoms with Crippen LogP contribution in [0, 0.1) is 0 Å². The molecule has 0 aliphatic heterocycles. The topological polar surface area (TPSA) is 78.4 Å². The van der Waals surface area contributed by atoms with Gasteiger partial charge in [-0.05, 0) is 19.8 Å². The normalized spacial score (nSPS) is 13.8. The van der Waals surface area contributed by atoms with E-state index in [4.69, 9.17) is 5.11 Å². The summed E-state index contributed by atoms with van der Waals surface area (Å²) in [6.45, 7) is 6.09. The van der Waals surface area contributed by atoms with Crippen molar-refractivity contribution in [2.24, 2.45) is 0 Å². The summed E-state index contributed by atoms with van der Waals surface area (Å²) < 4.78 is 0. The van der Waals surface area contributed by atoms with Gasteiger partial charge in [0.25, 0.3) is 0 Å². The molecule has 0 saturated carbocycles. The van der Waals surface area contributed by atoms with Gasteiger partial charge < -0.3 is 15.7 Å². The Labute approximate surface area is 103 Å². The third-order valence-corrected chi connectivity index (χ3v) is 2.68. The number of carbonyl (C=O) groups excluding carboxylic acids is 1. The summed E-state index contributed by atoms with van der Waals surface area (Å²) in [5.74, 6) is -0.997. The van der Waals surface area contributed by atoms with E-state index in [0.29, 0.717) is 19.4 Å². The molecule has 0 saturated heterocycles. The number of hydrogen-bond donors (Lipinski definition) is 3. The number of aliphatic carboxylic acids is 1. The minimum atomic E-state index is -1.18. The highest BCUT2D eigenvalue weighted by Gasteiger charge is 2.33. The van der Waals surface area contributed by atoms with E-state index >= 15 is 0 Å². The maximum Gasteiger partial charge on any atom is 0.329 e. The summed E-state index contributed by atoms with van der Waals surface area (Å²) in [7, 11) is 0. The third-order valence-electron chi connectivity index (χ3n) is 2.68. The number of carboxylic acids is 1. The van der Waals surface area contributed by atoms with E-state index in [1.807, 2.05) is 6.92 Å². The first-order valence-electron chi connectivity index (χ1n) is 6.25. The Morgan fingerprint density at radius 3 is 2.29 bits per heavy atom. The molecular weight excluding hydrogens is 220 g/mol. The molecule has 100 valence electrons. The second kappa shape index (κ2) is 7.92. The molecule has 0 heterocycles. The van der Waals surface area contributed by atoms with E-state index < -0.39 is 17.5 Å². The molecule has 0 radical (unpaired) electrons. The van der Waals surface area contributed by atoms with Crippen LogP contribution in [0.1, 0.15) is 52.9 Å². The lowest BCUT2D eigenvalue weighted by atomic mass is 9.97. The molecule has 0 aliphatic rings. The number of rotatable bonds is 8. The predicted octanol–water partition coefficient (Wildman–Crippen LogP) is 2.12. The Bertz CT molecular complexity index is 256. The van der Waals surface area contributed by atoms with Crippen LogP contribution in [0.5, 0.6) is 0 Å². The van der Waals surface area contributed by atoms with Gasteiger partial charge in [0.05, 0.1) is 0 Å². The monoisotopic (exact) mass is 244 g/mol. The number of nitrogens with one attached hydrogen (secondary N) is 2. The quantitative estimate of drug-likeness (QED) is 0.572. The van der Waals surface area contributed by atoms with Gasteiger partial charge in [0.1, 0.15) is 5.54 Å². The van der Waals surface area contributed by atoms with Crippen molar-refractivity contribution in [3.8, 4) is 0 Å². The molecule has 0 aromatic heterocycles. The van der Waals surface area contributed by atoms with Crippen molar-refractivity contribution >= 4 is 12.0 Å². The summed E-state index contributed by atoms with van der Waals surface area (Å²) >= 11 is 0. The molecule has 1 unspecified atom stereocenters. The van der Waals surface area contributed by atoms with Crippen molar-refractivity contribution in [3.05, 3.63) is 0 Å². The van der Waals surface area contributed by atoms with Crippen LogP contribution in [0.2, 0.25) is 0 Å². The van der Waals surface area contributed by atoms with Crippen molar-refractivity contribution in [3.63, 3.8) is 0 Å². The van der Waals surface area contributed by atoms with Gasteiger partial charge in [-0.3, -0.25) is 0 Å². The molecule has 0 aliphatic carbocycles. The number of amides is 2. The first-order valence-corrected chi connectivity index (χ1v) is 6.25. The van der Waals surface area contributed by atoms with E-state index in [2.05, 4.69) is 17.6 Å². The van der Waals surface area contributed by atoms with Gasteiger partial charge in [0.15, 0.2) is 0 Å². The highest BCUT2D eigenvalue weighted by atomic mass is 16.4. The molecule has 0 aromatic rings. The van der Waals surface area contributed by atoms with E-state index in [1.54, 1.807) is 0 Å². The van der Waals surface area contributed by atoms with E-state index in [0.717, 1.165) is 19.3 Å². The molecule has 2 amide bonds. The maximum atomic E-state index is 11.5. The zero-order valence-corrected chi connectivity index (χ0v) is 11.0. The average molecular weight is 244 g/mol. The Kier molecular flexibility index (Phi) is 7.34. The second-order valence-electron chi connectivity index (χ2n) is 4.48. The van der Waals surface area contributed by atoms with Crippen LogP contribution in [0.4, 0.5) is 4.79 Å². The van der Waals surface area contributed by atoms with Gasteiger partial charge in [-0.1, -0.05) is 33.1 Å². The van der Waals surface area contributed by atoms with Crippen LogP contribution < -0.4 is 10.6 Å². The van der Waals surface area contributed by atoms with Crippen molar-refractivity contribution < 1.29 is 14.7 Å². The second-order valence-corrected chi connectivity index (χ2v) is 4.48. The minimum Gasteiger partial charge on any atom is -0.480 e. The lowest BCUT2D eigenvalue weighted by molar-refractivity contribution is -0.144. The zero-order valence-electron chi connectivity index (χ0n) is 11.0. The Morgan fingerprint density at radius 1 is 1.18 bits per heavy atom. The molecule has 0 aromatic carbocycles. The fourth-order valence-electron chi connectivity index (χ4n) is 1.59. The van der Waals surface area contributed by atoms with Crippen molar-refractivity contribution in [1.82, 2.24) is 10.6 Å². The van der Waals surface area contributed by atoms with Crippen LogP contribution in [0.15, 0.2) is 0 Å². The van der Waals surface area contributed by atoms with Crippen LogP contribution in [-0.4, -0.2) is 29.2 Å². The SMILES string of the molecule is CCCCCNC(=O)NC(C)(CCC)C(=O)O. The fourth-order valence-corrected chi connectivity index (χ4v) is 1.59. The van der Waals surface area contributed by atoms with Gasteiger partial charge in [-0.2, -0.15) is 0 Å². The fraction of sp³-hybridized carbons (Fsp3) is 0.833. The number of hydrogen-bond acceptors (Lipinski definition) is 2. The lowest BCUT2D eigenvalue weighted by Crippen LogP contribution is -2.55. The molecule has 0 spiro atoms. The molecule has 1 atom stereocenters. The maximum absolute atomic E-state index is 11.5. The van der Waals surface area contributed by atoms with Crippen molar-refractivity contribution in [2.45, 2.75) is 58.4 Å². The van der Waals surface area contributed by atoms with Crippen molar-refractivity contribution in [1.29, 1.82) is 0 Å². The Balaban J connectivity index is 4.09. The molecule has 5 nitrogen and oxygen atoms in total. The lowest BCUT2D eigenvalue weighted by Gasteiger charge is -2.25. The largest absolute Gasteiger partial charge is 0.480 e. The molecule has 5 heteroatoms. The Hall–Kier alpha value is -1.26. The smallest absolute Gasteiger partial charge is 0.329 e. The summed E-state index contributed by atoms with van der Waals surface area (Å²) in [6.07, 6.45) is 4.20. The predicted molar refractivity (Wildman–Crippen MR) is 67.0 cm³/mol. The average Bonchev–Trinajstić information content (AvgIpc) is 2.24. The zero-order chi connectivity index (χ0) is 13.3.